The van der Waals surface area contributed by atoms with Gasteiger partial charge in [-0.1, -0.05) is 62.8 Å². The molecule has 0 aliphatic heterocycles. The number of carbonyl (C=O) groups is 1. The molecule has 0 saturated heterocycles. The van der Waals surface area contributed by atoms with Crippen LogP contribution in [0.5, 0.6) is 5.75 Å². The predicted octanol–water partition coefficient (Wildman–Crippen LogP) is 7.42. The first kappa shape index (κ1) is 27.0. The van der Waals surface area contributed by atoms with E-state index in [4.69, 9.17) is 13.9 Å². The Kier molecular flexibility index (Phi) is 11.0. The topological polar surface area (TPSA) is 65.7 Å². The zero-order valence-corrected chi connectivity index (χ0v) is 21.2. The van der Waals surface area contributed by atoms with Crippen LogP contribution in [0.3, 0.4) is 0 Å². The van der Waals surface area contributed by atoms with E-state index in [0.29, 0.717) is 30.1 Å². The molecule has 5 nitrogen and oxygen atoms in total. The molecule has 0 atom stereocenters. The summed E-state index contributed by atoms with van der Waals surface area (Å²) in [5.41, 5.74) is 2.91. The number of carbonyl (C=O) groups excluding carboxylic acids is 1. The summed E-state index contributed by atoms with van der Waals surface area (Å²) in [6.45, 7) is 6.54. The van der Waals surface area contributed by atoms with Crippen LogP contribution in [0.4, 0.5) is 0 Å². The molecule has 0 aliphatic carbocycles. The summed E-state index contributed by atoms with van der Waals surface area (Å²) in [4.78, 5) is 23.6. The summed E-state index contributed by atoms with van der Waals surface area (Å²) in [5, 5.41) is 0.866. The largest absolute Gasteiger partial charge is 0.493 e. The fourth-order valence-electron chi connectivity index (χ4n) is 3.87. The molecule has 0 radical (unpaired) electrons. The molecule has 5 heteroatoms. The van der Waals surface area contributed by atoms with Crippen molar-refractivity contribution in [3.8, 4) is 16.9 Å². The van der Waals surface area contributed by atoms with Crippen molar-refractivity contribution in [2.75, 3.05) is 13.2 Å². The van der Waals surface area contributed by atoms with Crippen LogP contribution in [0, 0.1) is 0 Å². The SMILES string of the molecule is C=CC(=O)OCCC/C=C/CCCOc1ccc2cc(-c3ccc(CCCCC)cc3)c(=O)oc2c1. The molecule has 0 aliphatic rings. The van der Waals surface area contributed by atoms with Gasteiger partial charge in [-0.15, -0.1) is 0 Å². The number of allylic oxidation sites excluding steroid dienone is 2. The van der Waals surface area contributed by atoms with E-state index in [-0.39, 0.29) is 11.6 Å². The molecule has 0 spiro atoms. The van der Waals surface area contributed by atoms with Gasteiger partial charge in [-0.3, -0.25) is 0 Å². The number of fused-ring (bicyclic) bond motifs is 1. The first-order chi connectivity index (χ1) is 17.6. The van der Waals surface area contributed by atoms with Gasteiger partial charge in [-0.25, -0.2) is 9.59 Å². The predicted molar refractivity (Wildman–Crippen MR) is 145 cm³/mol. The second-order valence-electron chi connectivity index (χ2n) is 8.78. The lowest BCUT2D eigenvalue weighted by Crippen LogP contribution is -2.03. The maximum atomic E-state index is 12.7. The van der Waals surface area contributed by atoms with Crippen LogP contribution in [-0.4, -0.2) is 19.2 Å². The van der Waals surface area contributed by atoms with Crippen LogP contribution < -0.4 is 10.4 Å². The number of benzene rings is 2. The number of unbranched alkanes of at least 4 members (excludes halogenated alkanes) is 4. The average molecular weight is 489 g/mol. The molecule has 0 unspecified atom stereocenters. The van der Waals surface area contributed by atoms with Crippen molar-refractivity contribution in [1.29, 1.82) is 0 Å². The van der Waals surface area contributed by atoms with Crippen LogP contribution in [0.2, 0.25) is 0 Å². The molecule has 2 aromatic carbocycles. The van der Waals surface area contributed by atoms with Gasteiger partial charge >= 0.3 is 11.6 Å². The summed E-state index contributed by atoms with van der Waals surface area (Å²) >= 11 is 0. The molecule has 190 valence electrons. The number of rotatable bonds is 15. The maximum absolute atomic E-state index is 12.7. The van der Waals surface area contributed by atoms with E-state index in [9.17, 15) is 9.59 Å². The molecule has 0 N–H and O–H groups in total. The Balaban J connectivity index is 1.48. The van der Waals surface area contributed by atoms with Crippen molar-refractivity contribution in [2.24, 2.45) is 0 Å². The summed E-state index contributed by atoms with van der Waals surface area (Å²) in [7, 11) is 0. The first-order valence-corrected chi connectivity index (χ1v) is 12.8. The first-order valence-electron chi connectivity index (χ1n) is 12.8. The number of hydrogen-bond acceptors (Lipinski definition) is 5. The summed E-state index contributed by atoms with van der Waals surface area (Å²) in [5.74, 6) is 0.301. The normalized spacial score (nSPS) is 11.1. The maximum Gasteiger partial charge on any atom is 0.344 e. The third-order valence-corrected chi connectivity index (χ3v) is 5.92. The van der Waals surface area contributed by atoms with Crippen molar-refractivity contribution >= 4 is 16.9 Å². The molecule has 1 heterocycles. The Bertz CT molecular complexity index is 1200. The highest BCUT2D eigenvalue weighted by atomic mass is 16.5. The van der Waals surface area contributed by atoms with Gasteiger partial charge in [0.25, 0.3) is 0 Å². The Hall–Kier alpha value is -3.60. The van der Waals surface area contributed by atoms with Gasteiger partial charge in [-0.2, -0.15) is 0 Å². The number of esters is 1. The zero-order valence-electron chi connectivity index (χ0n) is 21.2. The smallest absolute Gasteiger partial charge is 0.344 e. The Morgan fingerprint density at radius 1 is 0.944 bits per heavy atom. The lowest BCUT2D eigenvalue weighted by Gasteiger charge is -2.08. The standard InChI is InChI=1S/C31H36O5/c1-3-5-10-13-24-14-16-25(17-15-24)28-22-26-18-19-27(23-29(26)36-31(28)33)34-20-11-8-6-7-9-12-21-35-30(32)4-2/h4,6-7,14-19,22-23H,2-3,5,8-13,20-21H2,1H3/b7-6+. The Morgan fingerprint density at radius 3 is 2.42 bits per heavy atom. The Morgan fingerprint density at radius 2 is 1.69 bits per heavy atom. The van der Waals surface area contributed by atoms with E-state index in [2.05, 4.69) is 37.8 Å². The van der Waals surface area contributed by atoms with E-state index in [1.807, 2.05) is 30.3 Å². The third-order valence-electron chi connectivity index (χ3n) is 5.92. The van der Waals surface area contributed by atoms with E-state index < -0.39 is 0 Å². The molecule has 3 aromatic rings. The monoisotopic (exact) mass is 488 g/mol. The van der Waals surface area contributed by atoms with Crippen molar-refractivity contribution in [3.05, 3.63) is 89.3 Å². The number of ether oxygens (including phenoxy) is 2. The highest BCUT2D eigenvalue weighted by molar-refractivity contribution is 5.83. The fourth-order valence-corrected chi connectivity index (χ4v) is 3.87. The molecule has 3 rings (SSSR count). The van der Waals surface area contributed by atoms with Gasteiger partial charge in [0.2, 0.25) is 0 Å². The molecule has 36 heavy (non-hydrogen) atoms. The molecule has 0 amide bonds. The van der Waals surface area contributed by atoms with E-state index >= 15 is 0 Å². The van der Waals surface area contributed by atoms with E-state index in [1.54, 1.807) is 6.07 Å². The van der Waals surface area contributed by atoms with Crippen molar-refractivity contribution < 1.29 is 18.7 Å². The molecular weight excluding hydrogens is 452 g/mol. The second-order valence-corrected chi connectivity index (χ2v) is 8.78. The van der Waals surface area contributed by atoms with Crippen molar-refractivity contribution in [3.63, 3.8) is 0 Å². The van der Waals surface area contributed by atoms with E-state index in [1.165, 1.54) is 30.9 Å². The third kappa shape index (κ3) is 8.56. The highest BCUT2D eigenvalue weighted by Gasteiger charge is 2.09. The minimum absolute atomic E-state index is 0.345. The number of hydrogen-bond donors (Lipinski definition) is 0. The van der Waals surface area contributed by atoms with Crippen LogP contribution in [0.25, 0.3) is 22.1 Å². The van der Waals surface area contributed by atoms with Crippen LogP contribution >= 0.6 is 0 Å². The fraction of sp³-hybridized carbons (Fsp3) is 0.355. The Labute approximate surface area is 213 Å². The molecular formula is C31H36O5. The zero-order chi connectivity index (χ0) is 25.6. The number of aryl methyl sites for hydroxylation is 1. The minimum Gasteiger partial charge on any atom is -0.493 e. The lowest BCUT2D eigenvalue weighted by molar-refractivity contribution is -0.137. The van der Waals surface area contributed by atoms with Gasteiger partial charge in [0, 0.05) is 17.5 Å². The van der Waals surface area contributed by atoms with Crippen molar-refractivity contribution in [2.45, 2.75) is 58.3 Å². The van der Waals surface area contributed by atoms with E-state index in [0.717, 1.165) is 43.1 Å². The van der Waals surface area contributed by atoms with Gasteiger partial charge in [0.15, 0.2) is 0 Å². The molecule has 0 fully saturated rings. The van der Waals surface area contributed by atoms with Gasteiger partial charge in [-0.05, 0) is 67.9 Å². The second kappa shape index (κ2) is 14.7. The van der Waals surface area contributed by atoms with Crippen LogP contribution in [0.1, 0.15) is 57.4 Å². The van der Waals surface area contributed by atoms with Gasteiger partial charge < -0.3 is 13.9 Å². The summed E-state index contributed by atoms with van der Waals surface area (Å²) < 4.78 is 16.4. The molecule has 0 bridgehead atoms. The quantitative estimate of drug-likeness (QED) is 0.0732. The van der Waals surface area contributed by atoms with Gasteiger partial charge in [0.1, 0.15) is 11.3 Å². The summed E-state index contributed by atoms with van der Waals surface area (Å²) in [6.07, 6.45) is 13.5. The average Bonchev–Trinajstić information content (AvgIpc) is 2.89. The van der Waals surface area contributed by atoms with Crippen molar-refractivity contribution in [1.82, 2.24) is 0 Å². The summed E-state index contributed by atoms with van der Waals surface area (Å²) in [6, 6.07) is 15.7. The van der Waals surface area contributed by atoms with Crippen LogP contribution in [-0.2, 0) is 16.0 Å². The minimum atomic E-state index is -0.382. The molecule has 0 saturated carbocycles. The molecule has 1 aromatic heterocycles. The van der Waals surface area contributed by atoms with Crippen LogP contribution in [0.15, 0.2) is 82.5 Å². The highest BCUT2D eigenvalue weighted by Crippen LogP contribution is 2.25. The van der Waals surface area contributed by atoms with Gasteiger partial charge in [0.05, 0.1) is 18.8 Å². The lowest BCUT2D eigenvalue weighted by atomic mass is 10.0.